The first-order valence-corrected chi connectivity index (χ1v) is 12.5. The van der Waals surface area contributed by atoms with Gasteiger partial charge in [-0.3, -0.25) is 23.7 Å². The average molecular weight is 484 g/mol. The summed E-state index contributed by atoms with van der Waals surface area (Å²) in [4.78, 5) is 58.3. The maximum Gasteiger partial charge on any atom is 0.262 e. The molecular weight excluding hydrogens is 454 g/mol. The zero-order valence-corrected chi connectivity index (χ0v) is 19.9. The Hall–Kier alpha value is -3.14. The number of nitrogens with two attached hydrogens (primary N) is 1. The number of thioether (sulfide) groups is 1. The Balaban J connectivity index is 1.58. The molecule has 2 aromatic rings. The van der Waals surface area contributed by atoms with Crippen LogP contribution in [0.5, 0.6) is 0 Å². The van der Waals surface area contributed by atoms with Crippen molar-refractivity contribution in [2.45, 2.75) is 37.4 Å². The van der Waals surface area contributed by atoms with E-state index in [0.29, 0.717) is 47.6 Å². The van der Waals surface area contributed by atoms with Crippen LogP contribution in [0, 0.1) is 5.92 Å². The summed E-state index contributed by atoms with van der Waals surface area (Å²) in [5, 5.41) is 0.831. The van der Waals surface area contributed by atoms with Gasteiger partial charge in [-0.05, 0) is 43.9 Å². The van der Waals surface area contributed by atoms with Gasteiger partial charge in [0.1, 0.15) is 0 Å². The number of fused-ring (bicyclic) bond motifs is 1. The van der Waals surface area contributed by atoms with Crippen LogP contribution in [0.2, 0.25) is 0 Å². The number of hydrogen-bond donors (Lipinski definition) is 1. The molecule has 180 valence electrons. The van der Waals surface area contributed by atoms with E-state index in [4.69, 9.17) is 5.73 Å². The minimum Gasteiger partial charge on any atom is -0.369 e. The Morgan fingerprint density at radius 3 is 2.47 bits per heavy atom. The van der Waals surface area contributed by atoms with Crippen LogP contribution < -0.4 is 11.3 Å². The van der Waals surface area contributed by atoms with E-state index in [1.54, 1.807) is 29.2 Å². The molecule has 1 aromatic heterocycles. The van der Waals surface area contributed by atoms with Crippen molar-refractivity contribution in [2.24, 2.45) is 11.7 Å². The van der Waals surface area contributed by atoms with Gasteiger partial charge in [0, 0.05) is 44.2 Å². The van der Waals surface area contributed by atoms with Gasteiger partial charge in [0.15, 0.2) is 5.16 Å². The number of rotatable bonds is 7. The molecular formula is C24H29N5O4S. The SMILES string of the molecule is C=CCn1c(SCC(=O)N2CCCC2)nc2cc(C(=O)N3CCC(C(N)=O)CC3)ccc2c1=O. The average Bonchev–Trinajstić information content (AvgIpc) is 3.39. The van der Waals surface area contributed by atoms with Gasteiger partial charge in [-0.25, -0.2) is 4.98 Å². The molecule has 0 aliphatic carbocycles. The first kappa shape index (κ1) is 24.0. The highest BCUT2D eigenvalue weighted by Crippen LogP contribution is 2.23. The molecule has 3 amide bonds. The number of nitrogens with zero attached hydrogens (tertiary/aromatic N) is 4. The van der Waals surface area contributed by atoms with Crippen molar-refractivity contribution in [3.63, 3.8) is 0 Å². The highest BCUT2D eigenvalue weighted by molar-refractivity contribution is 7.99. The monoisotopic (exact) mass is 483 g/mol. The highest BCUT2D eigenvalue weighted by Gasteiger charge is 2.27. The standard InChI is InChI=1S/C24H29N5O4S/c1-2-9-29-23(33)18-6-5-17(22(32)28-12-7-16(8-13-28)21(25)31)14-19(18)26-24(29)34-15-20(30)27-10-3-4-11-27/h2,5-6,14,16H,1,3-4,7-13,15H2,(H2,25,31). The predicted octanol–water partition coefficient (Wildman–Crippen LogP) is 1.63. The fourth-order valence-electron chi connectivity index (χ4n) is 4.47. The van der Waals surface area contributed by atoms with E-state index in [0.717, 1.165) is 25.9 Å². The second-order valence-electron chi connectivity index (χ2n) is 8.68. The summed E-state index contributed by atoms with van der Waals surface area (Å²) < 4.78 is 1.51. The number of aromatic nitrogens is 2. The zero-order valence-electron chi connectivity index (χ0n) is 19.1. The van der Waals surface area contributed by atoms with Crippen LogP contribution in [-0.2, 0) is 16.1 Å². The molecule has 0 radical (unpaired) electrons. The Labute approximate surface area is 202 Å². The molecule has 0 unspecified atom stereocenters. The molecule has 4 rings (SSSR count). The summed E-state index contributed by atoms with van der Waals surface area (Å²) >= 11 is 1.23. The Morgan fingerprint density at radius 1 is 1.12 bits per heavy atom. The van der Waals surface area contributed by atoms with Gasteiger partial charge >= 0.3 is 0 Å². The molecule has 1 aromatic carbocycles. The van der Waals surface area contributed by atoms with Gasteiger partial charge in [0.2, 0.25) is 11.8 Å². The van der Waals surface area contributed by atoms with E-state index >= 15 is 0 Å². The Kier molecular flexibility index (Phi) is 7.35. The lowest BCUT2D eigenvalue weighted by atomic mass is 9.96. The fourth-order valence-corrected chi connectivity index (χ4v) is 5.38. The number of hydrogen-bond acceptors (Lipinski definition) is 6. The minimum absolute atomic E-state index is 0.0327. The number of carbonyl (C=O) groups excluding carboxylic acids is 3. The molecule has 2 N–H and O–H groups in total. The van der Waals surface area contributed by atoms with Crippen LogP contribution in [0.1, 0.15) is 36.0 Å². The minimum atomic E-state index is -0.328. The molecule has 3 heterocycles. The van der Waals surface area contributed by atoms with Gasteiger partial charge in [-0.15, -0.1) is 6.58 Å². The lowest BCUT2D eigenvalue weighted by Crippen LogP contribution is -2.41. The van der Waals surface area contributed by atoms with E-state index in [9.17, 15) is 19.2 Å². The van der Waals surface area contributed by atoms with Gasteiger partial charge in [-0.1, -0.05) is 17.8 Å². The van der Waals surface area contributed by atoms with E-state index in [1.807, 2.05) is 4.90 Å². The van der Waals surface area contributed by atoms with Crippen LogP contribution in [-0.4, -0.2) is 69.0 Å². The lowest BCUT2D eigenvalue weighted by molar-refractivity contribution is -0.127. The van der Waals surface area contributed by atoms with Crippen molar-refractivity contribution in [3.8, 4) is 0 Å². The molecule has 2 aliphatic heterocycles. The topological polar surface area (TPSA) is 119 Å². The largest absolute Gasteiger partial charge is 0.369 e. The number of carbonyl (C=O) groups is 3. The Morgan fingerprint density at radius 2 is 1.82 bits per heavy atom. The first-order valence-electron chi connectivity index (χ1n) is 11.5. The third kappa shape index (κ3) is 5.01. The fraction of sp³-hybridized carbons (Fsp3) is 0.458. The first-order chi connectivity index (χ1) is 16.4. The summed E-state index contributed by atoms with van der Waals surface area (Å²) in [6, 6.07) is 4.89. The van der Waals surface area contributed by atoms with Crippen molar-refractivity contribution in [1.29, 1.82) is 0 Å². The molecule has 2 saturated heterocycles. The third-order valence-corrected chi connectivity index (χ3v) is 7.41. The molecule has 10 heteroatoms. The van der Waals surface area contributed by atoms with Crippen LogP contribution in [0.3, 0.4) is 0 Å². The lowest BCUT2D eigenvalue weighted by Gasteiger charge is -2.30. The smallest absolute Gasteiger partial charge is 0.262 e. The highest BCUT2D eigenvalue weighted by atomic mass is 32.2. The molecule has 34 heavy (non-hydrogen) atoms. The predicted molar refractivity (Wildman–Crippen MR) is 131 cm³/mol. The second kappa shape index (κ2) is 10.4. The van der Waals surface area contributed by atoms with Crippen molar-refractivity contribution in [3.05, 3.63) is 46.8 Å². The van der Waals surface area contributed by atoms with Crippen molar-refractivity contribution >= 4 is 40.4 Å². The van der Waals surface area contributed by atoms with Crippen LogP contribution in [0.15, 0.2) is 40.8 Å². The van der Waals surface area contributed by atoms with Gasteiger partial charge < -0.3 is 15.5 Å². The molecule has 0 saturated carbocycles. The van der Waals surface area contributed by atoms with Crippen molar-refractivity contribution in [2.75, 3.05) is 31.9 Å². The van der Waals surface area contributed by atoms with Crippen molar-refractivity contribution in [1.82, 2.24) is 19.4 Å². The van der Waals surface area contributed by atoms with Gasteiger partial charge in [0.25, 0.3) is 11.5 Å². The molecule has 2 aliphatic rings. The van der Waals surface area contributed by atoms with Gasteiger partial charge in [0.05, 0.1) is 16.7 Å². The molecule has 0 bridgehead atoms. The third-order valence-electron chi connectivity index (χ3n) is 6.45. The zero-order chi connectivity index (χ0) is 24.2. The number of amides is 3. The van der Waals surface area contributed by atoms with Crippen molar-refractivity contribution < 1.29 is 14.4 Å². The number of allylic oxidation sites excluding steroid dienone is 1. The maximum atomic E-state index is 13.2. The molecule has 0 spiro atoms. The molecule has 2 fully saturated rings. The van der Waals surface area contributed by atoms with E-state index in [-0.39, 0.29) is 41.5 Å². The number of primary amides is 1. The number of likely N-dealkylation sites (tertiary alicyclic amines) is 2. The number of piperidine rings is 1. The Bertz CT molecular complexity index is 1180. The molecule has 9 nitrogen and oxygen atoms in total. The molecule has 0 atom stereocenters. The maximum absolute atomic E-state index is 13.2. The van der Waals surface area contributed by atoms with Crippen LogP contribution in [0.4, 0.5) is 0 Å². The summed E-state index contributed by atoms with van der Waals surface area (Å²) in [6.07, 6.45) is 4.75. The van der Waals surface area contributed by atoms with E-state index in [1.165, 1.54) is 16.3 Å². The normalized spacial score (nSPS) is 16.7. The van der Waals surface area contributed by atoms with Crippen LogP contribution in [0.25, 0.3) is 10.9 Å². The quantitative estimate of drug-likeness (QED) is 0.363. The summed E-state index contributed by atoms with van der Waals surface area (Å²) in [5.41, 5.74) is 6.00. The summed E-state index contributed by atoms with van der Waals surface area (Å²) in [6.45, 7) is 6.46. The summed E-state index contributed by atoms with van der Waals surface area (Å²) in [7, 11) is 0. The van der Waals surface area contributed by atoms with E-state index < -0.39 is 0 Å². The summed E-state index contributed by atoms with van der Waals surface area (Å²) in [5.74, 6) is -0.465. The number of benzene rings is 1. The van der Waals surface area contributed by atoms with Crippen LogP contribution >= 0.6 is 11.8 Å². The second-order valence-corrected chi connectivity index (χ2v) is 9.62. The van der Waals surface area contributed by atoms with Gasteiger partial charge in [-0.2, -0.15) is 0 Å². The van der Waals surface area contributed by atoms with E-state index in [2.05, 4.69) is 11.6 Å².